The molecule has 3 aliphatic heterocycles. The minimum Gasteiger partial charge on any atom is -0.481 e. The number of benzene rings is 2. The molecule has 2 fully saturated rings. The number of carbonyl (C=O) groups excluding carboxylic acids is 14. The van der Waals surface area contributed by atoms with E-state index in [0.717, 1.165) is 18.7 Å². The third-order valence-electron chi connectivity index (χ3n) is 18.6. The van der Waals surface area contributed by atoms with E-state index in [2.05, 4.69) is 73.8 Å². The molecule has 14 amide bonds. The second-order valence-corrected chi connectivity index (χ2v) is 30.7. The zero-order valence-corrected chi connectivity index (χ0v) is 66.2. The highest BCUT2D eigenvalue weighted by atomic mass is 32.2. The predicted molar refractivity (Wildman–Crippen MR) is 418 cm³/mol. The molecule has 4 heterocycles. The van der Waals surface area contributed by atoms with Gasteiger partial charge >= 0.3 is 17.9 Å². The Labute approximate surface area is 674 Å². The number of aromatic nitrogens is 2. The van der Waals surface area contributed by atoms with Crippen LogP contribution in [-0.2, 0) is 106 Å². The monoisotopic (exact) mass is 1660 g/mol. The van der Waals surface area contributed by atoms with Crippen LogP contribution < -0.4 is 75.3 Å². The molecule has 6 rings (SSSR count). The van der Waals surface area contributed by atoms with Gasteiger partial charge < -0.3 is 110 Å². The molecule has 628 valence electrons. The first-order valence-electron chi connectivity index (χ1n) is 37.0. The summed E-state index contributed by atoms with van der Waals surface area (Å²) in [6, 6.07) is -5.46. The molecule has 3 aromatic rings. The Balaban J connectivity index is 1.36. The van der Waals surface area contributed by atoms with Crippen molar-refractivity contribution < 1.29 is 102 Å². The number of rotatable bonds is 33. The molecule has 0 radical (unpaired) electrons. The van der Waals surface area contributed by atoms with Gasteiger partial charge in [-0.1, -0.05) is 54.6 Å². The Kier molecular flexibility index (Phi) is 37.4. The van der Waals surface area contributed by atoms with E-state index >= 15 is 9.59 Å². The van der Waals surface area contributed by atoms with Crippen molar-refractivity contribution in [3.8, 4) is 0 Å². The number of fused-ring (bicyclic) bond motifs is 4. The minimum atomic E-state index is -2.09. The normalized spacial score (nSPS) is 21.2. The van der Waals surface area contributed by atoms with Gasteiger partial charge in [0.25, 0.3) is 0 Å². The summed E-state index contributed by atoms with van der Waals surface area (Å²) in [5.41, 5.74) is 12.6. The molecule has 43 heteroatoms. The van der Waals surface area contributed by atoms with Crippen LogP contribution >= 0.6 is 35.3 Å². The van der Waals surface area contributed by atoms with Crippen LogP contribution in [0.2, 0.25) is 0 Å². The topological polar surface area (TPSA) is 627 Å². The number of nitrogens with two attached hydrogens (primary N) is 2. The minimum absolute atomic E-state index is 0.00409. The van der Waals surface area contributed by atoms with Crippen molar-refractivity contribution >= 4 is 142 Å². The van der Waals surface area contributed by atoms with Crippen LogP contribution in [0.3, 0.4) is 0 Å². The van der Waals surface area contributed by atoms with Gasteiger partial charge in [0, 0.05) is 75.0 Å². The maximum Gasteiger partial charge on any atom is 0.305 e. The molecule has 0 aliphatic carbocycles. The Morgan fingerprint density at radius 3 is 1.84 bits per heavy atom. The number of primary amides is 1. The lowest BCUT2D eigenvalue weighted by atomic mass is 10.0. The fourth-order valence-electron chi connectivity index (χ4n) is 12.7. The van der Waals surface area contributed by atoms with E-state index in [-0.39, 0.29) is 86.9 Å². The Hall–Kier alpha value is -11.1. The molecule has 1 aromatic heterocycles. The van der Waals surface area contributed by atoms with Crippen molar-refractivity contribution in [1.82, 2.24) is 83.6 Å². The van der Waals surface area contributed by atoms with Crippen LogP contribution in [0.4, 0.5) is 0 Å². The number of hydrogen-bond acceptors (Lipinski definition) is 23. The van der Waals surface area contributed by atoms with E-state index in [1.165, 1.54) is 59.7 Å². The van der Waals surface area contributed by atoms with Crippen molar-refractivity contribution in [2.75, 3.05) is 43.1 Å². The fourth-order valence-corrected chi connectivity index (χ4v) is 15.2. The largest absolute Gasteiger partial charge is 0.481 e. The van der Waals surface area contributed by atoms with Crippen LogP contribution in [0.5, 0.6) is 0 Å². The molecular weight excluding hydrogens is 1560 g/mol. The van der Waals surface area contributed by atoms with E-state index in [4.69, 9.17) is 16.9 Å². The number of imidazole rings is 1. The lowest BCUT2D eigenvalue weighted by Crippen LogP contribution is -2.62. The average molecular weight is 1660 g/mol. The van der Waals surface area contributed by atoms with Crippen molar-refractivity contribution in [2.45, 2.75) is 200 Å². The molecule has 14 atom stereocenters. The van der Waals surface area contributed by atoms with Crippen LogP contribution in [0.1, 0.15) is 114 Å². The summed E-state index contributed by atoms with van der Waals surface area (Å²) in [5.74, 6) is -18.4. The van der Waals surface area contributed by atoms with Crippen LogP contribution in [0, 0.1) is 5.41 Å². The lowest BCUT2D eigenvalue weighted by Gasteiger charge is -2.34. The quantitative estimate of drug-likeness (QED) is 0.0155. The Morgan fingerprint density at radius 2 is 1.23 bits per heavy atom. The number of thioether (sulfide) groups is 3. The smallest absolute Gasteiger partial charge is 0.305 e. The van der Waals surface area contributed by atoms with Crippen molar-refractivity contribution in [2.24, 2.45) is 11.5 Å². The summed E-state index contributed by atoms with van der Waals surface area (Å²) in [4.78, 5) is 244. The molecule has 0 spiro atoms. The van der Waals surface area contributed by atoms with Gasteiger partial charge in [-0.3, -0.25) is 86.9 Å². The molecule has 1 unspecified atom stereocenters. The van der Waals surface area contributed by atoms with Crippen LogP contribution in [0.25, 0.3) is 0 Å². The van der Waals surface area contributed by atoms with Gasteiger partial charge in [0.05, 0.1) is 31.0 Å². The number of carbonyl (C=O) groups is 17. The number of aromatic amines is 1. The molecule has 22 N–H and O–H groups in total. The highest BCUT2D eigenvalue weighted by Crippen LogP contribution is 2.28. The zero-order valence-electron chi connectivity index (χ0n) is 63.7. The molecule has 40 nitrogen and oxygen atoms in total. The summed E-state index contributed by atoms with van der Waals surface area (Å²) in [7, 11) is 0. The number of guanidine groups is 1. The first-order chi connectivity index (χ1) is 54.6. The highest BCUT2D eigenvalue weighted by molar-refractivity contribution is 7.99. The number of aliphatic carboxylic acids is 3. The molecule has 0 saturated carbocycles. The number of nitrogens with zero attached hydrogens (tertiary/aromatic N) is 3. The third-order valence-corrected chi connectivity index (χ3v) is 21.4. The third kappa shape index (κ3) is 30.3. The summed E-state index contributed by atoms with van der Waals surface area (Å²) in [5, 5.41) is 78.0. The van der Waals surface area contributed by atoms with Gasteiger partial charge in [-0.15, -0.1) is 0 Å². The second kappa shape index (κ2) is 46.3. The molecule has 115 heavy (non-hydrogen) atoms. The highest BCUT2D eigenvalue weighted by Gasteiger charge is 2.46. The van der Waals surface area contributed by atoms with Gasteiger partial charge in [-0.05, 0) is 93.9 Å². The first-order valence-corrected chi connectivity index (χ1v) is 40.7. The number of carboxylic acid groups (broad SMARTS) is 3. The Morgan fingerprint density at radius 1 is 0.643 bits per heavy atom. The molecular formula is C72H101N19O21S3. The molecule has 2 aromatic carbocycles. The van der Waals surface area contributed by atoms with Crippen LogP contribution in [-0.4, -0.2) is 275 Å². The summed E-state index contributed by atoms with van der Waals surface area (Å²) < 4.78 is 0. The lowest BCUT2D eigenvalue weighted by molar-refractivity contribution is -0.148. The number of amides is 14. The number of nitrogens with one attached hydrogen (secondary N) is 14. The van der Waals surface area contributed by atoms with E-state index in [0.29, 0.717) is 35.3 Å². The van der Waals surface area contributed by atoms with Gasteiger partial charge in [0.15, 0.2) is 5.96 Å². The molecule has 2 saturated heterocycles. The number of carboxylic acids is 3. The van der Waals surface area contributed by atoms with E-state index < -0.39 is 223 Å². The summed E-state index contributed by atoms with van der Waals surface area (Å²) in [6.07, 6.45) is -0.739. The number of aliphatic hydroxyl groups is 1. The number of hydrogen-bond donors (Lipinski definition) is 20. The SMILES string of the molecule is CSCC[C@H](NC(C)=O)C(=O)N[C@H]1CSCc2cccc(c2)CSC[C@@H](C(=O)N[C@@H](CC(=O)O)C(=O)NC(Cc2c[nH]cn2)C(=O)N[C@@H](C)C(=O)N[C@@H](CCCNC(=N)N)C(=O)N[C@@H](CC(=O)O)C(N)=O)NC(=O)[C@H](Cc2ccccc2)NC(=O)[C@H](CCC(=O)O)NC(=O)[C@H]([C@@H](C)O)NC(=O)[C@@H]2CCCN2C(=O)[C@@H]2CCCN2C1=O. The maximum absolute atomic E-state index is 15.1. The van der Waals surface area contributed by atoms with Gasteiger partial charge in [-0.2, -0.15) is 35.3 Å². The summed E-state index contributed by atoms with van der Waals surface area (Å²) >= 11 is 3.73. The van der Waals surface area contributed by atoms with Gasteiger partial charge in [0.2, 0.25) is 82.7 Å². The van der Waals surface area contributed by atoms with Crippen molar-refractivity contribution in [3.63, 3.8) is 0 Å². The van der Waals surface area contributed by atoms with Crippen molar-refractivity contribution in [3.05, 3.63) is 89.5 Å². The average Bonchev–Trinajstić information content (AvgIpc) is 1.67. The van der Waals surface area contributed by atoms with E-state index in [9.17, 15) is 92.3 Å². The maximum atomic E-state index is 15.1. The zero-order chi connectivity index (χ0) is 84.6. The molecule has 2 bridgehead atoms. The summed E-state index contributed by atoms with van der Waals surface area (Å²) in [6.45, 7) is 3.70. The fraction of sp³-hybridized carbons (Fsp3) is 0.542. The van der Waals surface area contributed by atoms with Crippen LogP contribution in [0.15, 0.2) is 67.1 Å². The number of aliphatic hydroxyl groups excluding tert-OH is 1. The predicted octanol–water partition coefficient (Wildman–Crippen LogP) is -4.57. The standard InChI is InChI=1S/C72H101N19O21S3/c1-37(60(101)81-44(16-9-22-77-72(74)75)61(102)83-47(59(73)100)29-56(96)97)79-64(105)49(28-43-31-76-36-78-43)85-66(107)50(30-57(98)99)86-67(108)51-34-114-32-41-14-8-15-42(26-41)33-115-35-52(88-63(104)46(21-25-113-4)80-39(3)93)70(111)91-24-11-18-54(91)71(112)90-23-10-17-53(90)68(109)89-58(38(2)92)69(110)82-45(19-20-55(94)95)62(103)84-48(65(106)87-51)27-40-12-6-5-7-13-40/h5-8,12-15,26,31,36-38,44-54,58,92H,9-11,16-25,27-30,32-35H2,1-4H3,(H2,73,100)(H,76,78)(H,79,105)(H,80,93)(H,81,101)(H,82,110)(H,83,102)(H,84,103)(H,85,107)(H,86,108)(H,87,106)(H,88,104)(H,89,109)(H,94,95)(H,96,97)(H,98,99)(H4,74,75,77)/t37-,38+,44-,45-,46-,47-,48-,49?,50-,51-,52-,53-,54-,58-/m0/s1. The van der Waals surface area contributed by atoms with Crippen molar-refractivity contribution in [1.29, 1.82) is 5.41 Å². The van der Waals surface area contributed by atoms with E-state index in [1.807, 2.05) is 6.26 Å². The Bertz CT molecular complexity index is 3980. The first kappa shape index (κ1) is 92.8. The number of H-pyrrole nitrogens is 1. The van der Waals surface area contributed by atoms with E-state index in [1.54, 1.807) is 54.6 Å². The van der Waals surface area contributed by atoms with Gasteiger partial charge in [-0.25, -0.2) is 4.98 Å². The van der Waals surface area contributed by atoms with Gasteiger partial charge in [0.1, 0.15) is 78.5 Å². The second-order valence-electron chi connectivity index (χ2n) is 27.7. The molecule has 3 aliphatic rings.